The summed E-state index contributed by atoms with van der Waals surface area (Å²) in [5.41, 5.74) is 4.05. The summed E-state index contributed by atoms with van der Waals surface area (Å²) in [5.74, 6) is 0. The Morgan fingerprint density at radius 1 is 1.50 bits per heavy atom. The number of hydrogen-bond donors (Lipinski definition) is 1. The van der Waals surface area contributed by atoms with E-state index in [1.165, 1.54) is 23.4 Å². The van der Waals surface area contributed by atoms with Gasteiger partial charge in [-0.05, 0) is 18.9 Å². The quantitative estimate of drug-likeness (QED) is 0.759. The predicted molar refractivity (Wildman–Crippen MR) is 60.0 cm³/mol. The van der Waals surface area contributed by atoms with Crippen LogP contribution < -0.4 is 0 Å². The summed E-state index contributed by atoms with van der Waals surface area (Å²) in [4.78, 5) is 8.13. The van der Waals surface area contributed by atoms with Crippen LogP contribution in [-0.2, 0) is 6.42 Å². The van der Waals surface area contributed by atoms with Gasteiger partial charge in [0.1, 0.15) is 0 Å². The van der Waals surface area contributed by atoms with Gasteiger partial charge in [-0.3, -0.25) is 4.99 Å². The fourth-order valence-corrected chi connectivity index (χ4v) is 2.09. The Hall–Kier alpha value is -1.05. The first-order valence-corrected chi connectivity index (χ1v) is 5.58. The van der Waals surface area contributed by atoms with E-state index in [2.05, 4.69) is 24.9 Å². The van der Waals surface area contributed by atoms with E-state index in [1.807, 2.05) is 6.20 Å². The lowest BCUT2D eigenvalue weighted by atomic mass is 9.97. The first-order chi connectivity index (χ1) is 6.85. The van der Waals surface area contributed by atoms with Gasteiger partial charge in [-0.2, -0.15) is 0 Å². The van der Waals surface area contributed by atoms with Crippen LogP contribution in [0.2, 0.25) is 0 Å². The lowest BCUT2D eigenvalue weighted by Gasteiger charge is -2.19. The number of nitrogens with one attached hydrogen (secondary N) is 1. The summed E-state index contributed by atoms with van der Waals surface area (Å²) in [5, 5.41) is 0. The van der Waals surface area contributed by atoms with E-state index in [-0.39, 0.29) is 0 Å². The van der Waals surface area contributed by atoms with Crippen molar-refractivity contribution in [3.05, 3.63) is 23.5 Å². The molecule has 0 fully saturated rings. The molecule has 2 heterocycles. The largest absolute Gasteiger partial charge is 0.364 e. The Morgan fingerprint density at radius 2 is 2.36 bits per heavy atom. The molecule has 1 aromatic heterocycles. The highest BCUT2D eigenvalue weighted by molar-refractivity contribution is 6.02. The molecule has 0 unspecified atom stereocenters. The van der Waals surface area contributed by atoms with Gasteiger partial charge >= 0.3 is 0 Å². The fourth-order valence-electron chi connectivity index (χ4n) is 2.09. The second-order valence-corrected chi connectivity index (χ2v) is 3.96. The number of rotatable bonds is 3. The van der Waals surface area contributed by atoms with Gasteiger partial charge in [0.2, 0.25) is 0 Å². The highest BCUT2D eigenvalue weighted by Gasteiger charge is 2.19. The van der Waals surface area contributed by atoms with Gasteiger partial charge in [0.05, 0.1) is 6.04 Å². The molecule has 0 aliphatic carbocycles. The summed E-state index contributed by atoms with van der Waals surface area (Å²) >= 11 is 0. The van der Waals surface area contributed by atoms with Gasteiger partial charge < -0.3 is 4.98 Å². The minimum Gasteiger partial charge on any atom is -0.364 e. The van der Waals surface area contributed by atoms with Crippen molar-refractivity contribution in [2.24, 2.45) is 4.99 Å². The monoisotopic (exact) mass is 190 g/mol. The van der Waals surface area contributed by atoms with Crippen LogP contribution in [0.5, 0.6) is 0 Å². The van der Waals surface area contributed by atoms with E-state index in [0.717, 1.165) is 19.3 Å². The summed E-state index contributed by atoms with van der Waals surface area (Å²) in [6.07, 6.45) is 6.56. The van der Waals surface area contributed by atoms with Crippen LogP contribution in [0, 0.1) is 0 Å². The molecule has 1 aliphatic rings. The molecule has 0 bridgehead atoms. The minimum absolute atomic E-state index is 0.502. The van der Waals surface area contributed by atoms with Crippen LogP contribution in [0.3, 0.4) is 0 Å². The number of hydrogen-bond acceptors (Lipinski definition) is 1. The Bertz CT molecular complexity index is 336. The van der Waals surface area contributed by atoms with E-state index in [0.29, 0.717) is 6.04 Å². The molecular formula is C12H18N2. The number of aliphatic imine (C=N–C) groups is 1. The molecule has 0 saturated heterocycles. The van der Waals surface area contributed by atoms with Crippen molar-refractivity contribution in [1.82, 2.24) is 4.98 Å². The number of H-pyrrole nitrogens is 1. The van der Waals surface area contributed by atoms with Crippen LogP contribution >= 0.6 is 0 Å². The highest BCUT2D eigenvalue weighted by atomic mass is 14.8. The normalized spacial score (nSPS) is 20.4. The molecule has 0 saturated carbocycles. The van der Waals surface area contributed by atoms with E-state index in [4.69, 9.17) is 4.99 Å². The van der Waals surface area contributed by atoms with Gasteiger partial charge in [0, 0.05) is 29.6 Å². The standard InChI is InChI=1S/C12H18N2/c1-3-5-11-10-6-7-13-12(10)8-9(4-2)14-11/h6-7,9,13H,3-5,8H2,1-2H3/t9-/m0/s1. The first kappa shape index (κ1) is 9.50. The third-order valence-corrected chi connectivity index (χ3v) is 2.88. The Morgan fingerprint density at radius 3 is 3.07 bits per heavy atom. The first-order valence-electron chi connectivity index (χ1n) is 5.58. The Kier molecular flexibility index (Phi) is 2.71. The van der Waals surface area contributed by atoms with Crippen molar-refractivity contribution in [2.45, 2.75) is 45.6 Å². The lowest BCUT2D eigenvalue weighted by molar-refractivity contribution is 0.628. The van der Waals surface area contributed by atoms with Crippen LogP contribution in [0.1, 0.15) is 44.4 Å². The van der Waals surface area contributed by atoms with E-state index < -0.39 is 0 Å². The molecule has 1 aromatic rings. The zero-order valence-electron chi connectivity index (χ0n) is 9.01. The van der Waals surface area contributed by atoms with Crippen LogP contribution in [0.4, 0.5) is 0 Å². The molecule has 2 nitrogen and oxygen atoms in total. The summed E-state index contributed by atoms with van der Waals surface area (Å²) in [7, 11) is 0. The third kappa shape index (κ3) is 1.61. The molecule has 2 rings (SSSR count). The molecule has 14 heavy (non-hydrogen) atoms. The van der Waals surface area contributed by atoms with Gasteiger partial charge in [-0.15, -0.1) is 0 Å². The lowest BCUT2D eigenvalue weighted by Crippen LogP contribution is -2.19. The van der Waals surface area contributed by atoms with Gasteiger partial charge in [0.15, 0.2) is 0 Å². The molecule has 1 atom stereocenters. The van der Waals surface area contributed by atoms with Crippen molar-refractivity contribution in [2.75, 3.05) is 0 Å². The molecule has 0 radical (unpaired) electrons. The highest BCUT2D eigenvalue weighted by Crippen LogP contribution is 2.22. The zero-order chi connectivity index (χ0) is 9.97. The van der Waals surface area contributed by atoms with Crippen LogP contribution in [0.25, 0.3) is 0 Å². The maximum Gasteiger partial charge on any atom is 0.0555 e. The average Bonchev–Trinajstić information content (AvgIpc) is 2.66. The molecule has 76 valence electrons. The van der Waals surface area contributed by atoms with Gasteiger partial charge in [-0.1, -0.05) is 20.3 Å². The smallest absolute Gasteiger partial charge is 0.0555 e. The molecule has 0 spiro atoms. The predicted octanol–water partition coefficient (Wildman–Crippen LogP) is 2.94. The SMILES string of the molecule is CCCC1=N[C@@H](CC)Cc2[nH]ccc21. The summed E-state index contributed by atoms with van der Waals surface area (Å²) in [6.45, 7) is 4.43. The van der Waals surface area contributed by atoms with Gasteiger partial charge in [-0.25, -0.2) is 0 Å². The van der Waals surface area contributed by atoms with Gasteiger partial charge in [0.25, 0.3) is 0 Å². The number of nitrogens with zero attached hydrogens (tertiary/aromatic N) is 1. The van der Waals surface area contributed by atoms with Crippen molar-refractivity contribution in [3.8, 4) is 0 Å². The second kappa shape index (κ2) is 3.99. The van der Waals surface area contributed by atoms with Crippen molar-refractivity contribution in [3.63, 3.8) is 0 Å². The van der Waals surface area contributed by atoms with Crippen LogP contribution in [0.15, 0.2) is 17.3 Å². The second-order valence-electron chi connectivity index (χ2n) is 3.96. The molecule has 2 heteroatoms. The number of aromatic nitrogens is 1. The third-order valence-electron chi connectivity index (χ3n) is 2.88. The van der Waals surface area contributed by atoms with Crippen LogP contribution in [-0.4, -0.2) is 16.7 Å². The maximum atomic E-state index is 4.80. The average molecular weight is 190 g/mol. The molecule has 1 N–H and O–H groups in total. The summed E-state index contributed by atoms with van der Waals surface area (Å²) < 4.78 is 0. The van der Waals surface area contributed by atoms with E-state index in [9.17, 15) is 0 Å². The zero-order valence-corrected chi connectivity index (χ0v) is 9.01. The Labute approximate surface area is 85.4 Å². The molecule has 0 aromatic carbocycles. The fraction of sp³-hybridized carbons (Fsp3) is 0.583. The topological polar surface area (TPSA) is 28.1 Å². The van der Waals surface area contributed by atoms with Crippen molar-refractivity contribution in [1.29, 1.82) is 0 Å². The maximum absolute atomic E-state index is 4.80. The molecule has 1 aliphatic heterocycles. The number of fused-ring (bicyclic) bond motifs is 1. The molecule has 0 amide bonds. The van der Waals surface area contributed by atoms with E-state index >= 15 is 0 Å². The molecular weight excluding hydrogens is 172 g/mol. The minimum atomic E-state index is 0.502. The summed E-state index contributed by atoms with van der Waals surface area (Å²) in [6, 6.07) is 2.66. The van der Waals surface area contributed by atoms with E-state index in [1.54, 1.807) is 0 Å². The number of aromatic amines is 1. The van der Waals surface area contributed by atoms with Crippen molar-refractivity contribution >= 4 is 5.71 Å². The van der Waals surface area contributed by atoms with Crippen molar-refractivity contribution < 1.29 is 0 Å². The Balaban J connectivity index is 2.30.